The highest BCUT2D eigenvalue weighted by Crippen LogP contribution is 2.54. The fourth-order valence-corrected chi connectivity index (χ4v) is 5.98. The van der Waals surface area contributed by atoms with Crippen molar-refractivity contribution in [1.82, 2.24) is 0 Å². The Hall–Kier alpha value is -1.42. The van der Waals surface area contributed by atoms with E-state index in [4.69, 9.17) is 0 Å². The molecule has 0 radical (unpaired) electrons. The molecule has 21 heavy (non-hydrogen) atoms. The number of hydrogen-bond acceptors (Lipinski definition) is 3. The minimum absolute atomic E-state index is 0.00434. The number of fused-ring (bicyclic) bond motifs is 2. The van der Waals surface area contributed by atoms with Gasteiger partial charge in [-0.2, -0.15) is 0 Å². The van der Waals surface area contributed by atoms with Crippen molar-refractivity contribution >= 4 is 15.6 Å². The molecule has 3 aliphatic carbocycles. The summed E-state index contributed by atoms with van der Waals surface area (Å²) >= 11 is 0. The Morgan fingerprint density at radius 2 is 1.71 bits per heavy atom. The molecule has 0 heterocycles. The van der Waals surface area contributed by atoms with E-state index in [0.29, 0.717) is 11.3 Å². The summed E-state index contributed by atoms with van der Waals surface area (Å²) in [4.78, 5) is 13.1. The maximum Gasteiger partial charge on any atom is 0.182 e. The summed E-state index contributed by atoms with van der Waals surface area (Å²) < 4.78 is 25.9. The standard InChI is InChI=1S/C17H20O3S/c1-16(2)12-9-10-17(3,15(16)18)14(11-12)21(19,20)13-7-5-4-6-8-13/h4-10,12,14H,11H2,1-3H3/t12-,14+,17-/m1/s1. The van der Waals surface area contributed by atoms with E-state index in [1.54, 1.807) is 37.3 Å². The molecule has 4 heteroatoms. The molecule has 0 aliphatic heterocycles. The van der Waals surface area contributed by atoms with Crippen molar-refractivity contribution in [2.45, 2.75) is 37.3 Å². The lowest BCUT2D eigenvalue weighted by atomic mass is 9.54. The predicted octanol–water partition coefficient (Wildman–Crippen LogP) is 3.02. The van der Waals surface area contributed by atoms with Gasteiger partial charge in [0.15, 0.2) is 9.84 Å². The zero-order chi connectivity index (χ0) is 15.5. The van der Waals surface area contributed by atoms with Crippen LogP contribution in [0.25, 0.3) is 0 Å². The van der Waals surface area contributed by atoms with Gasteiger partial charge < -0.3 is 0 Å². The van der Waals surface area contributed by atoms with E-state index in [1.165, 1.54) is 0 Å². The third-order valence-electron chi connectivity index (χ3n) is 5.26. The second-order valence-electron chi connectivity index (χ2n) is 6.88. The Morgan fingerprint density at radius 3 is 2.33 bits per heavy atom. The van der Waals surface area contributed by atoms with Crippen LogP contribution in [0, 0.1) is 16.7 Å². The second kappa shape index (κ2) is 4.29. The molecule has 0 spiro atoms. The molecule has 0 N–H and O–H groups in total. The topological polar surface area (TPSA) is 51.2 Å². The first-order valence-electron chi connectivity index (χ1n) is 7.24. The zero-order valence-corrected chi connectivity index (χ0v) is 13.4. The number of carbonyl (C=O) groups is 1. The van der Waals surface area contributed by atoms with Gasteiger partial charge >= 0.3 is 0 Å². The number of ketones is 1. The highest BCUT2D eigenvalue weighted by atomic mass is 32.2. The Morgan fingerprint density at radius 1 is 1.10 bits per heavy atom. The number of rotatable bonds is 2. The van der Waals surface area contributed by atoms with E-state index in [2.05, 4.69) is 0 Å². The number of carbonyl (C=O) groups excluding carboxylic acids is 1. The van der Waals surface area contributed by atoms with Gasteiger partial charge in [0.05, 0.1) is 15.6 Å². The van der Waals surface area contributed by atoms with Gasteiger partial charge in [-0.05, 0) is 31.4 Å². The monoisotopic (exact) mass is 304 g/mol. The van der Waals surface area contributed by atoms with Gasteiger partial charge in [0.2, 0.25) is 0 Å². The Kier molecular flexibility index (Phi) is 2.97. The van der Waals surface area contributed by atoms with Crippen LogP contribution in [-0.4, -0.2) is 19.5 Å². The van der Waals surface area contributed by atoms with Gasteiger partial charge in [0.25, 0.3) is 0 Å². The molecule has 3 aliphatic rings. The molecular weight excluding hydrogens is 284 g/mol. The summed E-state index contributed by atoms with van der Waals surface area (Å²) in [6.45, 7) is 5.62. The van der Waals surface area contributed by atoms with E-state index >= 15 is 0 Å². The van der Waals surface area contributed by atoms with E-state index in [9.17, 15) is 13.2 Å². The molecule has 2 bridgehead atoms. The molecule has 3 atom stereocenters. The lowest BCUT2D eigenvalue weighted by Crippen LogP contribution is -2.59. The first kappa shape index (κ1) is 14.5. The normalized spacial score (nSPS) is 34.1. The summed E-state index contributed by atoms with van der Waals surface area (Å²) in [5, 5.41) is -0.664. The van der Waals surface area contributed by atoms with Crippen LogP contribution in [0.3, 0.4) is 0 Å². The number of Topliss-reactive ketones (excluding diaryl/α,β-unsaturated/α-hetero) is 1. The summed E-state index contributed by atoms with van der Waals surface area (Å²) in [5.74, 6) is 0.0357. The summed E-state index contributed by atoms with van der Waals surface area (Å²) in [5.41, 5.74) is -1.40. The lowest BCUT2D eigenvalue weighted by molar-refractivity contribution is -0.141. The van der Waals surface area contributed by atoms with Crippen LogP contribution >= 0.6 is 0 Å². The van der Waals surface area contributed by atoms with E-state index in [0.717, 1.165) is 0 Å². The van der Waals surface area contributed by atoms with E-state index < -0.39 is 25.9 Å². The van der Waals surface area contributed by atoms with Gasteiger partial charge in [-0.15, -0.1) is 0 Å². The van der Waals surface area contributed by atoms with Gasteiger partial charge in [0.1, 0.15) is 5.78 Å². The van der Waals surface area contributed by atoms with Crippen LogP contribution in [0.15, 0.2) is 47.4 Å². The predicted molar refractivity (Wildman–Crippen MR) is 81.6 cm³/mol. The van der Waals surface area contributed by atoms with Crippen LogP contribution < -0.4 is 0 Å². The molecule has 1 aromatic carbocycles. The van der Waals surface area contributed by atoms with Gasteiger partial charge in [0, 0.05) is 5.41 Å². The number of benzene rings is 1. The molecule has 1 fully saturated rings. The largest absolute Gasteiger partial charge is 0.298 e. The molecule has 1 aromatic rings. The molecule has 4 rings (SSSR count). The van der Waals surface area contributed by atoms with Crippen LogP contribution in [0.2, 0.25) is 0 Å². The van der Waals surface area contributed by atoms with Gasteiger partial charge in [-0.1, -0.05) is 44.2 Å². The molecule has 3 nitrogen and oxygen atoms in total. The summed E-state index contributed by atoms with van der Waals surface area (Å²) in [7, 11) is -3.51. The molecule has 1 saturated carbocycles. The highest BCUT2D eigenvalue weighted by molar-refractivity contribution is 7.92. The van der Waals surface area contributed by atoms with Crippen molar-refractivity contribution in [2.75, 3.05) is 0 Å². The fourth-order valence-electron chi connectivity index (χ4n) is 3.82. The van der Waals surface area contributed by atoms with Crippen LogP contribution in [0.1, 0.15) is 27.2 Å². The highest BCUT2D eigenvalue weighted by Gasteiger charge is 2.60. The lowest BCUT2D eigenvalue weighted by Gasteiger charge is -2.52. The molecule has 0 saturated heterocycles. The smallest absolute Gasteiger partial charge is 0.182 e. The minimum atomic E-state index is -3.51. The quantitative estimate of drug-likeness (QED) is 0.789. The molecule has 0 aromatic heterocycles. The van der Waals surface area contributed by atoms with Crippen molar-refractivity contribution in [3.8, 4) is 0 Å². The van der Waals surface area contributed by atoms with Gasteiger partial charge in [-0.25, -0.2) is 8.42 Å². The van der Waals surface area contributed by atoms with Crippen molar-refractivity contribution in [1.29, 1.82) is 0 Å². The maximum absolute atomic E-state index is 13.0. The molecule has 112 valence electrons. The molecule has 0 amide bonds. The molecule has 0 unspecified atom stereocenters. The first-order chi connectivity index (χ1) is 9.70. The average molecular weight is 304 g/mol. The Balaban J connectivity index is 2.11. The SMILES string of the molecule is CC1(C)C(=O)[C@]2(C)C=C[C@@H]1C[C@@H]2S(=O)(=O)c1ccccc1. The van der Waals surface area contributed by atoms with Crippen molar-refractivity contribution in [2.24, 2.45) is 16.7 Å². The van der Waals surface area contributed by atoms with E-state index in [-0.39, 0.29) is 11.7 Å². The van der Waals surface area contributed by atoms with Crippen molar-refractivity contribution in [3.63, 3.8) is 0 Å². The number of allylic oxidation sites excluding steroid dienone is 2. The first-order valence-corrected chi connectivity index (χ1v) is 8.78. The van der Waals surface area contributed by atoms with Crippen LogP contribution in [-0.2, 0) is 14.6 Å². The third-order valence-corrected chi connectivity index (χ3v) is 7.62. The van der Waals surface area contributed by atoms with Crippen LogP contribution in [0.4, 0.5) is 0 Å². The zero-order valence-electron chi connectivity index (χ0n) is 12.5. The van der Waals surface area contributed by atoms with E-state index in [1.807, 2.05) is 26.0 Å². The Labute approximate surface area is 126 Å². The second-order valence-corrected chi connectivity index (χ2v) is 9.01. The summed E-state index contributed by atoms with van der Waals surface area (Å²) in [6.07, 6.45) is 4.36. The number of sulfone groups is 1. The average Bonchev–Trinajstić information content (AvgIpc) is 2.45. The van der Waals surface area contributed by atoms with Crippen molar-refractivity contribution in [3.05, 3.63) is 42.5 Å². The summed E-state index contributed by atoms with van der Waals surface area (Å²) in [6, 6.07) is 8.46. The fraction of sp³-hybridized carbons (Fsp3) is 0.471. The maximum atomic E-state index is 13.0. The minimum Gasteiger partial charge on any atom is -0.298 e. The van der Waals surface area contributed by atoms with Crippen molar-refractivity contribution < 1.29 is 13.2 Å². The third kappa shape index (κ3) is 1.85. The molecular formula is C17H20O3S. The van der Waals surface area contributed by atoms with Gasteiger partial charge in [-0.3, -0.25) is 4.79 Å². The Bertz CT molecular complexity index is 716. The van der Waals surface area contributed by atoms with Crippen LogP contribution in [0.5, 0.6) is 0 Å². The number of hydrogen-bond donors (Lipinski definition) is 0.